The molecule has 1 saturated heterocycles. The van der Waals surface area contributed by atoms with Crippen LogP contribution >= 0.6 is 0 Å². The Morgan fingerprint density at radius 3 is 2.71 bits per heavy atom. The maximum Gasteiger partial charge on any atom is 0.174 e. The molecule has 0 bridgehead atoms. The molecule has 0 unspecified atom stereocenters. The van der Waals surface area contributed by atoms with Crippen molar-refractivity contribution in [1.82, 2.24) is 15.1 Å². The number of aromatic nitrogens is 2. The van der Waals surface area contributed by atoms with Crippen molar-refractivity contribution in [1.29, 1.82) is 0 Å². The topological polar surface area (TPSA) is 53.5 Å². The van der Waals surface area contributed by atoms with Gasteiger partial charge in [-0.15, -0.1) is 0 Å². The van der Waals surface area contributed by atoms with E-state index in [2.05, 4.69) is 35.0 Å². The van der Waals surface area contributed by atoms with Gasteiger partial charge in [-0.2, -0.15) is 5.10 Å². The Bertz CT molecular complexity index is 565. The second-order valence-electron chi connectivity index (χ2n) is 6.77. The van der Waals surface area contributed by atoms with Crippen molar-refractivity contribution in [3.63, 3.8) is 0 Å². The van der Waals surface area contributed by atoms with Crippen LogP contribution in [0, 0.1) is 12.3 Å². The van der Waals surface area contributed by atoms with E-state index in [1.165, 1.54) is 5.70 Å². The van der Waals surface area contributed by atoms with Crippen LogP contribution in [0.25, 0.3) is 0 Å². The highest BCUT2D eigenvalue weighted by Gasteiger charge is 2.29. The maximum absolute atomic E-state index is 5.45. The van der Waals surface area contributed by atoms with Crippen LogP contribution in [0.4, 0.5) is 5.82 Å². The molecule has 1 aromatic rings. The van der Waals surface area contributed by atoms with Crippen molar-refractivity contribution in [2.75, 3.05) is 26.3 Å². The van der Waals surface area contributed by atoms with Gasteiger partial charge in [-0.3, -0.25) is 5.10 Å². The molecule has 2 heterocycles. The number of H-pyrrole nitrogens is 1. The number of nitrogens with one attached hydrogen (secondary N) is 1. The SMILES string of the molecule is Cc1cc(N=C2C=C(N3CCOCC3)CC(C)(C)C2)n[nH]1. The first-order chi connectivity index (χ1) is 10.0. The van der Waals surface area contributed by atoms with Crippen molar-refractivity contribution in [2.45, 2.75) is 33.6 Å². The number of nitrogens with zero attached hydrogens (tertiary/aromatic N) is 3. The molecule has 0 aromatic carbocycles. The first-order valence-corrected chi connectivity index (χ1v) is 7.65. The van der Waals surface area contributed by atoms with Gasteiger partial charge in [-0.05, 0) is 31.3 Å². The van der Waals surface area contributed by atoms with E-state index in [1.54, 1.807) is 0 Å². The van der Waals surface area contributed by atoms with Gasteiger partial charge in [0.1, 0.15) is 0 Å². The zero-order valence-corrected chi connectivity index (χ0v) is 13.1. The summed E-state index contributed by atoms with van der Waals surface area (Å²) in [5.74, 6) is 0.776. The Kier molecular flexibility index (Phi) is 3.85. The molecule has 1 aliphatic heterocycles. The lowest BCUT2D eigenvalue weighted by Gasteiger charge is -2.38. The average molecular weight is 288 g/mol. The van der Waals surface area contributed by atoms with Gasteiger partial charge >= 0.3 is 0 Å². The molecule has 1 fully saturated rings. The van der Waals surface area contributed by atoms with Crippen LogP contribution in [0.5, 0.6) is 0 Å². The van der Waals surface area contributed by atoms with E-state index < -0.39 is 0 Å². The van der Waals surface area contributed by atoms with E-state index in [0.717, 1.165) is 56.4 Å². The molecule has 1 aromatic heterocycles. The van der Waals surface area contributed by atoms with E-state index in [9.17, 15) is 0 Å². The summed E-state index contributed by atoms with van der Waals surface area (Å²) in [6.45, 7) is 10.2. The predicted octanol–water partition coefficient (Wildman–Crippen LogP) is 2.83. The lowest BCUT2D eigenvalue weighted by Crippen LogP contribution is -2.39. The molecule has 5 nitrogen and oxygen atoms in total. The van der Waals surface area contributed by atoms with Crippen molar-refractivity contribution < 1.29 is 4.74 Å². The van der Waals surface area contributed by atoms with Crippen LogP contribution in [-0.2, 0) is 4.74 Å². The molecule has 5 heteroatoms. The fourth-order valence-corrected chi connectivity index (χ4v) is 3.07. The standard InChI is InChI=1S/C16H24N4O/c1-12-8-15(19-18-12)17-13-9-14(11-16(2,3)10-13)20-4-6-21-7-5-20/h8-9H,4-7,10-11H2,1-3H3,(H,18,19). The molecule has 114 valence electrons. The van der Waals surface area contributed by atoms with E-state index in [1.807, 2.05) is 13.0 Å². The number of aryl methyl sites for hydroxylation is 1. The second kappa shape index (κ2) is 5.64. The first kappa shape index (κ1) is 14.3. The molecule has 0 amide bonds. The molecule has 1 aliphatic carbocycles. The lowest BCUT2D eigenvalue weighted by molar-refractivity contribution is 0.0491. The zero-order chi connectivity index (χ0) is 14.9. The number of hydrogen-bond donors (Lipinski definition) is 1. The van der Waals surface area contributed by atoms with Gasteiger partial charge in [0.25, 0.3) is 0 Å². The minimum atomic E-state index is 0.243. The predicted molar refractivity (Wildman–Crippen MR) is 83.9 cm³/mol. The summed E-state index contributed by atoms with van der Waals surface area (Å²) in [5.41, 5.74) is 3.80. The van der Waals surface area contributed by atoms with E-state index >= 15 is 0 Å². The number of hydrogen-bond acceptors (Lipinski definition) is 4. The summed E-state index contributed by atoms with van der Waals surface area (Å²) < 4.78 is 5.45. The second-order valence-corrected chi connectivity index (χ2v) is 6.77. The van der Waals surface area contributed by atoms with E-state index in [-0.39, 0.29) is 5.41 Å². The van der Waals surface area contributed by atoms with Crippen molar-refractivity contribution >= 4 is 11.5 Å². The summed E-state index contributed by atoms with van der Waals surface area (Å²) in [5, 5.41) is 7.17. The van der Waals surface area contributed by atoms with Gasteiger partial charge in [0.05, 0.1) is 13.2 Å². The van der Waals surface area contributed by atoms with Crippen LogP contribution in [0.3, 0.4) is 0 Å². The smallest absolute Gasteiger partial charge is 0.174 e. The Balaban J connectivity index is 1.86. The summed E-state index contributed by atoms with van der Waals surface area (Å²) in [4.78, 5) is 7.16. The third-order valence-corrected chi connectivity index (χ3v) is 4.02. The van der Waals surface area contributed by atoms with Gasteiger partial charge in [0, 0.05) is 36.3 Å². The number of morpholine rings is 1. The number of allylic oxidation sites excluding steroid dienone is 2. The maximum atomic E-state index is 5.45. The fourth-order valence-electron chi connectivity index (χ4n) is 3.07. The number of aromatic amines is 1. The van der Waals surface area contributed by atoms with Gasteiger partial charge in [0.2, 0.25) is 0 Å². The van der Waals surface area contributed by atoms with Crippen molar-refractivity contribution in [2.24, 2.45) is 10.4 Å². The normalized spacial score (nSPS) is 24.2. The zero-order valence-electron chi connectivity index (χ0n) is 13.1. The molecule has 0 atom stereocenters. The minimum absolute atomic E-state index is 0.243. The van der Waals surface area contributed by atoms with Gasteiger partial charge in [-0.25, -0.2) is 4.99 Å². The van der Waals surface area contributed by atoms with Crippen LogP contribution < -0.4 is 0 Å². The Hall–Kier alpha value is -1.62. The Labute approximate surface area is 126 Å². The molecule has 1 N–H and O–H groups in total. The lowest BCUT2D eigenvalue weighted by atomic mass is 9.78. The van der Waals surface area contributed by atoms with Crippen LogP contribution in [0.15, 0.2) is 22.8 Å². The van der Waals surface area contributed by atoms with Crippen molar-refractivity contribution in [3.8, 4) is 0 Å². The molecular weight excluding hydrogens is 264 g/mol. The Morgan fingerprint density at radius 1 is 1.29 bits per heavy atom. The third-order valence-electron chi connectivity index (χ3n) is 4.02. The third kappa shape index (κ3) is 3.53. The minimum Gasteiger partial charge on any atom is -0.378 e. The molecular formula is C16H24N4O. The fraction of sp³-hybridized carbons (Fsp3) is 0.625. The first-order valence-electron chi connectivity index (χ1n) is 7.65. The monoisotopic (exact) mass is 288 g/mol. The summed E-state index contributed by atoms with van der Waals surface area (Å²) >= 11 is 0. The highest BCUT2D eigenvalue weighted by Crippen LogP contribution is 2.36. The van der Waals surface area contributed by atoms with E-state index in [0.29, 0.717) is 0 Å². The largest absolute Gasteiger partial charge is 0.378 e. The highest BCUT2D eigenvalue weighted by molar-refractivity contribution is 5.98. The summed E-state index contributed by atoms with van der Waals surface area (Å²) in [7, 11) is 0. The quantitative estimate of drug-likeness (QED) is 0.910. The summed E-state index contributed by atoms with van der Waals surface area (Å²) in [6, 6.07) is 1.98. The van der Waals surface area contributed by atoms with Crippen LogP contribution in [0.1, 0.15) is 32.4 Å². The molecule has 0 spiro atoms. The van der Waals surface area contributed by atoms with Crippen LogP contribution in [-0.4, -0.2) is 47.1 Å². The van der Waals surface area contributed by atoms with Gasteiger partial charge in [-0.1, -0.05) is 13.8 Å². The molecule has 2 aliphatic rings. The number of aliphatic imine (C=N–C) groups is 1. The number of ether oxygens (including phenoxy) is 1. The highest BCUT2D eigenvalue weighted by atomic mass is 16.5. The number of rotatable bonds is 2. The van der Waals surface area contributed by atoms with Crippen molar-refractivity contribution in [3.05, 3.63) is 23.5 Å². The van der Waals surface area contributed by atoms with E-state index in [4.69, 9.17) is 9.73 Å². The molecule has 0 saturated carbocycles. The average Bonchev–Trinajstić information content (AvgIpc) is 2.83. The van der Waals surface area contributed by atoms with Crippen LogP contribution in [0.2, 0.25) is 0 Å². The van der Waals surface area contributed by atoms with Gasteiger partial charge in [0.15, 0.2) is 5.82 Å². The Morgan fingerprint density at radius 2 is 2.05 bits per heavy atom. The molecule has 21 heavy (non-hydrogen) atoms. The molecule has 3 rings (SSSR count). The molecule has 0 radical (unpaired) electrons. The van der Waals surface area contributed by atoms with Gasteiger partial charge < -0.3 is 9.64 Å². The summed E-state index contributed by atoms with van der Waals surface area (Å²) in [6.07, 6.45) is 4.35.